The molecule has 4 rings (SSSR count). The van der Waals surface area contributed by atoms with Gasteiger partial charge in [0, 0.05) is 23.2 Å². The predicted molar refractivity (Wildman–Crippen MR) is 125 cm³/mol. The fourth-order valence-corrected chi connectivity index (χ4v) is 3.48. The Hall–Kier alpha value is -3.68. The van der Waals surface area contributed by atoms with E-state index in [0.717, 1.165) is 5.56 Å². The Balaban J connectivity index is 1.50. The molecule has 0 unspecified atom stereocenters. The van der Waals surface area contributed by atoms with Crippen LogP contribution in [-0.2, 0) is 6.54 Å². The summed E-state index contributed by atoms with van der Waals surface area (Å²) in [4.78, 5) is 32.3. The normalized spacial score (nSPS) is 10.7. The smallest absolute Gasteiger partial charge is 0.337 e. The maximum Gasteiger partial charge on any atom is 0.337 e. The fourth-order valence-electron chi connectivity index (χ4n) is 3.19. The number of nitrogens with one attached hydrogen (secondary N) is 2. The maximum atomic E-state index is 12.5. The molecule has 0 fully saturated rings. The average Bonchev–Trinajstić information content (AvgIpc) is 2.79. The number of halogens is 2. The van der Waals surface area contributed by atoms with E-state index >= 15 is 0 Å². The number of hydrogen-bond acceptors (Lipinski definition) is 5. The summed E-state index contributed by atoms with van der Waals surface area (Å²) < 4.78 is 0. The molecule has 4 aromatic rings. The highest BCUT2D eigenvalue weighted by Crippen LogP contribution is 2.24. The average molecular weight is 467 g/mol. The zero-order chi connectivity index (χ0) is 22.7. The van der Waals surface area contributed by atoms with Crippen LogP contribution in [0.15, 0.2) is 67.0 Å². The lowest BCUT2D eigenvalue weighted by atomic mass is 10.1. The minimum Gasteiger partial charge on any atom is -0.478 e. The number of nitrogens with zero attached hydrogens (tertiary/aromatic N) is 2. The Morgan fingerprint density at radius 1 is 0.938 bits per heavy atom. The molecule has 9 heteroatoms. The molecule has 7 nitrogen and oxygen atoms in total. The van der Waals surface area contributed by atoms with E-state index in [1.807, 2.05) is 18.2 Å². The molecule has 0 spiro atoms. The maximum absolute atomic E-state index is 12.5. The molecule has 0 atom stereocenters. The number of para-hydroxylation sites is 1. The molecule has 1 heterocycles. The lowest BCUT2D eigenvalue weighted by Gasteiger charge is -2.11. The standard InChI is InChI=1S/C23H16Cl2N4O3/c24-18-8-7-14(10-19(18)25)22(30)29-15-4-1-3-13(9-15)11-26-21-16-5-2-6-17(23(31)32)20(16)27-12-28-21/h1-10,12H,11H2,(H,29,30)(H,31,32)(H,26,27,28). The van der Waals surface area contributed by atoms with Gasteiger partial charge in [0.2, 0.25) is 0 Å². The van der Waals surface area contributed by atoms with Gasteiger partial charge in [-0.2, -0.15) is 0 Å². The van der Waals surface area contributed by atoms with Crippen molar-refractivity contribution in [2.24, 2.45) is 0 Å². The van der Waals surface area contributed by atoms with Crippen LogP contribution >= 0.6 is 23.2 Å². The van der Waals surface area contributed by atoms with E-state index in [2.05, 4.69) is 20.6 Å². The molecule has 0 aliphatic heterocycles. The van der Waals surface area contributed by atoms with Crippen molar-refractivity contribution in [1.29, 1.82) is 0 Å². The number of amides is 1. The molecule has 0 aliphatic carbocycles. The summed E-state index contributed by atoms with van der Waals surface area (Å²) in [5.74, 6) is -0.842. The third-order valence-corrected chi connectivity index (χ3v) is 5.46. The minimum absolute atomic E-state index is 0.111. The first kappa shape index (κ1) is 21.5. The van der Waals surface area contributed by atoms with Gasteiger partial charge < -0.3 is 15.7 Å². The Morgan fingerprint density at radius 3 is 2.53 bits per heavy atom. The first-order valence-electron chi connectivity index (χ1n) is 9.48. The third kappa shape index (κ3) is 4.64. The van der Waals surface area contributed by atoms with Gasteiger partial charge in [0.05, 0.1) is 21.1 Å². The number of fused-ring (bicyclic) bond motifs is 1. The second kappa shape index (κ2) is 9.21. The van der Waals surface area contributed by atoms with E-state index in [0.29, 0.717) is 44.6 Å². The number of carboxylic acid groups (broad SMARTS) is 1. The number of anilines is 2. The summed E-state index contributed by atoms with van der Waals surface area (Å²) in [5.41, 5.74) is 2.36. The van der Waals surface area contributed by atoms with Gasteiger partial charge in [0.25, 0.3) is 5.91 Å². The summed E-state index contributed by atoms with van der Waals surface area (Å²) in [6, 6.07) is 16.9. The number of aromatic carboxylic acids is 1. The van der Waals surface area contributed by atoms with Gasteiger partial charge >= 0.3 is 5.97 Å². The Labute approximate surface area is 193 Å². The quantitative estimate of drug-likeness (QED) is 0.346. The Kier molecular flexibility index (Phi) is 6.20. The van der Waals surface area contributed by atoms with E-state index in [1.54, 1.807) is 30.3 Å². The molecule has 0 aliphatic rings. The van der Waals surface area contributed by atoms with Crippen LogP contribution in [0.1, 0.15) is 26.3 Å². The van der Waals surface area contributed by atoms with E-state index in [9.17, 15) is 14.7 Å². The molecule has 0 radical (unpaired) electrons. The number of rotatable bonds is 6. The first-order valence-corrected chi connectivity index (χ1v) is 10.2. The van der Waals surface area contributed by atoms with Crippen molar-refractivity contribution in [3.63, 3.8) is 0 Å². The van der Waals surface area contributed by atoms with Crippen molar-refractivity contribution < 1.29 is 14.7 Å². The zero-order valence-corrected chi connectivity index (χ0v) is 18.0. The molecular formula is C23H16Cl2N4O3. The highest BCUT2D eigenvalue weighted by atomic mass is 35.5. The number of aromatic nitrogens is 2. The molecule has 1 amide bonds. The van der Waals surface area contributed by atoms with Crippen molar-refractivity contribution in [2.75, 3.05) is 10.6 Å². The van der Waals surface area contributed by atoms with Gasteiger partial charge in [-0.15, -0.1) is 0 Å². The summed E-state index contributed by atoms with van der Waals surface area (Å²) in [7, 11) is 0. The lowest BCUT2D eigenvalue weighted by molar-refractivity contribution is 0.0698. The highest BCUT2D eigenvalue weighted by molar-refractivity contribution is 6.42. The number of carboxylic acids is 1. The molecule has 160 valence electrons. The molecule has 3 N–H and O–H groups in total. The van der Waals surface area contributed by atoms with Crippen LogP contribution < -0.4 is 10.6 Å². The molecule has 0 saturated heterocycles. The molecule has 32 heavy (non-hydrogen) atoms. The molecule has 0 bridgehead atoms. The van der Waals surface area contributed by atoms with Crippen LogP contribution in [0.3, 0.4) is 0 Å². The summed E-state index contributed by atoms with van der Waals surface area (Å²) in [6.07, 6.45) is 1.32. The predicted octanol–water partition coefficient (Wildman–Crippen LogP) is 5.50. The van der Waals surface area contributed by atoms with Crippen molar-refractivity contribution >= 4 is 57.5 Å². The number of carbonyl (C=O) groups is 2. The Bertz CT molecular complexity index is 1340. The van der Waals surface area contributed by atoms with E-state index < -0.39 is 5.97 Å². The van der Waals surface area contributed by atoms with Crippen molar-refractivity contribution in [3.05, 3.63) is 93.7 Å². The second-order valence-electron chi connectivity index (χ2n) is 6.87. The number of benzene rings is 3. The van der Waals surface area contributed by atoms with Gasteiger partial charge in [-0.25, -0.2) is 14.8 Å². The van der Waals surface area contributed by atoms with Gasteiger partial charge in [0.1, 0.15) is 12.1 Å². The van der Waals surface area contributed by atoms with Crippen LogP contribution in [0, 0.1) is 0 Å². The van der Waals surface area contributed by atoms with Gasteiger partial charge in [-0.3, -0.25) is 4.79 Å². The van der Waals surface area contributed by atoms with E-state index in [4.69, 9.17) is 23.2 Å². The van der Waals surface area contributed by atoms with Crippen LogP contribution in [0.5, 0.6) is 0 Å². The van der Waals surface area contributed by atoms with Gasteiger partial charge in [-0.1, -0.05) is 41.4 Å². The topological polar surface area (TPSA) is 104 Å². The van der Waals surface area contributed by atoms with Crippen LogP contribution in [0.2, 0.25) is 10.0 Å². The first-order chi connectivity index (χ1) is 15.4. The van der Waals surface area contributed by atoms with Gasteiger partial charge in [0.15, 0.2) is 0 Å². The molecular weight excluding hydrogens is 451 g/mol. The molecule has 0 saturated carbocycles. The third-order valence-electron chi connectivity index (χ3n) is 4.72. The monoisotopic (exact) mass is 466 g/mol. The van der Waals surface area contributed by atoms with E-state index in [-0.39, 0.29) is 11.5 Å². The largest absolute Gasteiger partial charge is 0.478 e. The van der Waals surface area contributed by atoms with Gasteiger partial charge in [-0.05, 0) is 48.0 Å². The second-order valence-corrected chi connectivity index (χ2v) is 7.68. The molecule has 1 aromatic heterocycles. The molecule has 3 aromatic carbocycles. The summed E-state index contributed by atoms with van der Waals surface area (Å²) in [6.45, 7) is 0.403. The van der Waals surface area contributed by atoms with Crippen molar-refractivity contribution in [1.82, 2.24) is 9.97 Å². The minimum atomic E-state index is -1.05. The summed E-state index contributed by atoms with van der Waals surface area (Å²) >= 11 is 11.9. The zero-order valence-electron chi connectivity index (χ0n) is 16.5. The van der Waals surface area contributed by atoms with Crippen molar-refractivity contribution in [3.8, 4) is 0 Å². The summed E-state index contributed by atoms with van der Waals surface area (Å²) in [5, 5.41) is 16.7. The lowest BCUT2D eigenvalue weighted by Crippen LogP contribution is -2.12. The van der Waals surface area contributed by atoms with Crippen LogP contribution in [0.25, 0.3) is 10.9 Å². The fraction of sp³-hybridized carbons (Fsp3) is 0.0435. The van der Waals surface area contributed by atoms with E-state index in [1.165, 1.54) is 18.5 Å². The number of hydrogen-bond donors (Lipinski definition) is 3. The highest BCUT2D eigenvalue weighted by Gasteiger charge is 2.13. The van der Waals surface area contributed by atoms with Crippen molar-refractivity contribution in [2.45, 2.75) is 6.54 Å². The SMILES string of the molecule is O=C(Nc1cccc(CNc2ncnc3c(C(=O)O)cccc23)c1)c1ccc(Cl)c(Cl)c1. The Morgan fingerprint density at radius 2 is 1.75 bits per heavy atom. The van der Waals surface area contributed by atoms with Crippen LogP contribution in [-0.4, -0.2) is 27.0 Å². The number of carbonyl (C=O) groups excluding carboxylic acids is 1. The van der Waals surface area contributed by atoms with Crippen LogP contribution in [0.4, 0.5) is 11.5 Å².